The van der Waals surface area contributed by atoms with Crippen LogP contribution in [0, 0.1) is 5.92 Å². The van der Waals surface area contributed by atoms with E-state index in [-0.39, 0.29) is 5.91 Å². The molecule has 1 aliphatic rings. The van der Waals surface area contributed by atoms with Crippen LogP contribution in [0.3, 0.4) is 0 Å². The molecule has 1 aromatic rings. The molecule has 0 bridgehead atoms. The Morgan fingerprint density at radius 3 is 2.86 bits per heavy atom. The van der Waals surface area contributed by atoms with Gasteiger partial charge in [-0.15, -0.1) is 0 Å². The van der Waals surface area contributed by atoms with Gasteiger partial charge in [0.25, 0.3) is 0 Å². The smallest absolute Gasteiger partial charge is 0.308 e. The molecule has 0 radical (unpaired) electrons. The van der Waals surface area contributed by atoms with Crippen LogP contribution in [-0.4, -0.2) is 28.4 Å². The van der Waals surface area contributed by atoms with E-state index in [0.717, 1.165) is 4.47 Å². The second kappa shape index (κ2) is 6.79. The molecule has 1 aliphatic heterocycles. The van der Waals surface area contributed by atoms with Gasteiger partial charge in [-0.1, -0.05) is 27.5 Å². The van der Waals surface area contributed by atoms with E-state index in [9.17, 15) is 14.7 Å². The van der Waals surface area contributed by atoms with E-state index in [1.807, 2.05) is 13.0 Å². The third kappa shape index (κ3) is 3.40. The van der Waals surface area contributed by atoms with Gasteiger partial charge in [0.05, 0.1) is 12.0 Å². The molecule has 0 spiro atoms. The van der Waals surface area contributed by atoms with Gasteiger partial charge in [0.15, 0.2) is 0 Å². The lowest BCUT2D eigenvalue weighted by atomic mass is 9.89. The molecule has 1 amide bonds. The maximum Gasteiger partial charge on any atom is 0.308 e. The molecule has 1 heterocycles. The SMILES string of the molecule is CCN1C(=O)CCCC(C(=O)O)C1c1cc(Br)ccc1Cl. The monoisotopic (exact) mass is 373 g/mol. The first kappa shape index (κ1) is 16.3. The van der Waals surface area contributed by atoms with Gasteiger partial charge in [-0.25, -0.2) is 0 Å². The Bertz CT molecular complexity index is 562. The third-order valence-corrected chi connectivity index (χ3v) is 4.72. The van der Waals surface area contributed by atoms with E-state index in [0.29, 0.717) is 36.4 Å². The second-order valence-corrected chi connectivity index (χ2v) is 6.45. The molecule has 4 nitrogen and oxygen atoms in total. The highest BCUT2D eigenvalue weighted by molar-refractivity contribution is 9.10. The van der Waals surface area contributed by atoms with Crippen molar-refractivity contribution in [1.29, 1.82) is 0 Å². The molecule has 2 atom stereocenters. The van der Waals surface area contributed by atoms with Gasteiger partial charge >= 0.3 is 5.97 Å². The molecule has 1 fully saturated rings. The van der Waals surface area contributed by atoms with Crippen molar-refractivity contribution in [3.63, 3.8) is 0 Å². The van der Waals surface area contributed by atoms with Crippen molar-refractivity contribution >= 4 is 39.4 Å². The Labute approximate surface area is 137 Å². The number of carboxylic acid groups (broad SMARTS) is 1. The average molecular weight is 375 g/mol. The Morgan fingerprint density at radius 2 is 2.24 bits per heavy atom. The summed E-state index contributed by atoms with van der Waals surface area (Å²) in [5.74, 6) is -1.53. The van der Waals surface area contributed by atoms with E-state index in [2.05, 4.69) is 15.9 Å². The predicted molar refractivity (Wildman–Crippen MR) is 84.3 cm³/mol. The fourth-order valence-corrected chi connectivity index (χ4v) is 3.51. The van der Waals surface area contributed by atoms with E-state index < -0.39 is 17.9 Å². The molecule has 1 aromatic carbocycles. The molecule has 2 rings (SSSR count). The molecular weight excluding hydrogens is 358 g/mol. The molecule has 0 aromatic heterocycles. The van der Waals surface area contributed by atoms with Crippen LogP contribution in [0.1, 0.15) is 37.8 Å². The van der Waals surface area contributed by atoms with Gasteiger partial charge in [0, 0.05) is 22.5 Å². The number of amides is 1. The highest BCUT2D eigenvalue weighted by Crippen LogP contribution is 2.39. The highest BCUT2D eigenvalue weighted by Gasteiger charge is 2.38. The number of aliphatic carboxylic acids is 1. The van der Waals surface area contributed by atoms with Crippen LogP contribution >= 0.6 is 27.5 Å². The van der Waals surface area contributed by atoms with Crippen LogP contribution in [0.4, 0.5) is 0 Å². The molecule has 2 unspecified atom stereocenters. The zero-order valence-corrected chi connectivity index (χ0v) is 14.0. The first-order valence-electron chi connectivity index (χ1n) is 6.93. The van der Waals surface area contributed by atoms with Crippen LogP contribution in [0.2, 0.25) is 5.02 Å². The summed E-state index contributed by atoms with van der Waals surface area (Å²) in [6.45, 7) is 2.33. The topological polar surface area (TPSA) is 57.6 Å². The van der Waals surface area contributed by atoms with Crippen LogP contribution in [0.5, 0.6) is 0 Å². The first-order chi connectivity index (χ1) is 9.95. The number of carbonyl (C=O) groups is 2. The summed E-state index contributed by atoms with van der Waals surface area (Å²) in [5, 5.41) is 10.1. The molecule has 21 heavy (non-hydrogen) atoms. The quantitative estimate of drug-likeness (QED) is 0.873. The van der Waals surface area contributed by atoms with Gasteiger partial charge in [-0.3, -0.25) is 9.59 Å². The lowest BCUT2D eigenvalue weighted by Gasteiger charge is -2.33. The molecule has 0 saturated carbocycles. The number of carbonyl (C=O) groups excluding carboxylic acids is 1. The molecule has 0 aliphatic carbocycles. The normalized spacial score (nSPS) is 23.0. The zero-order chi connectivity index (χ0) is 15.6. The third-order valence-electron chi connectivity index (χ3n) is 3.88. The van der Waals surface area contributed by atoms with Gasteiger partial charge in [0.1, 0.15) is 0 Å². The Balaban J connectivity index is 2.56. The number of benzene rings is 1. The molecule has 114 valence electrons. The van der Waals surface area contributed by atoms with Crippen molar-refractivity contribution in [2.75, 3.05) is 6.54 Å². The van der Waals surface area contributed by atoms with E-state index in [1.165, 1.54) is 0 Å². The lowest BCUT2D eigenvalue weighted by Crippen LogP contribution is -2.39. The van der Waals surface area contributed by atoms with Crippen molar-refractivity contribution in [3.8, 4) is 0 Å². The summed E-state index contributed by atoms with van der Waals surface area (Å²) in [7, 11) is 0. The first-order valence-corrected chi connectivity index (χ1v) is 8.10. The van der Waals surface area contributed by atoms with Crippen molar-refractivity contribution in [1.82, 2.24) is 4.90 Å². The molecule has 1 N–H and O–H groups in total. The number of hydrogen-bond acceptors (Lipinski definition) is 2. The standard InChI is InChI=1S/C15H17BrClNO3/c1-2-18-13(19)5-3-4-10(15(20)21)14(18)11-8-9(16)6-7-12(11)17/h6-8,10,14H,2-5H2,1H3,(H,20,21). The van der Waals surface area contributed by atoms with Gasteiger partial charge < -0.3 is 10.0 Å². The van der Waals surface area contributed by atoms with Crippen LogP contribution in [-0.2, 0) is 9.59 Å². The van der Waals surface area contributed by atoms with Gasteiger partial charge in [-0.05, 0) is 43.5 Å². The average Bonchev–Trinajstić information content (AvgIpc) is 2.60. The van der Waals surface area contributed by atoms with Gasteiger partial charge in [-0.2, -0.15) is 0 Å². The molecular formula is C15H17BrClNO3. The summed E-state index contributed by atoms with van der Waals surface area (Å²) in [4.78, 5) is 25.6. The van der Waals surface area contributed by atoms with Crippen molar-refractivity contribution in [2.45, 2.75) is 32.2 Å². The minimum Gasteiger partial charge on any atom is -0.481 e. The zero-order valence-electron chi connectivity index (χ0n) is 11.7. The molecule has 1 saturated heterocycles. The Kier molecular flexibility index (Phi) is 5.27. The Morgan fingerprint density at radius 1 is 1.52 bits per heavy atom. The number of carboxylic acids is 1. The molecule has 6 heteroatoms. The number of likely N-dealkylation sites (tertiary alicyclic amines) is 1. The fourth-order valence-electron chi connectivity index (χ4n) is 2.90. The van der Waals surface area contributed by atoms with Crippen LogP contribution in [0.25, 0.3) is 0 Å². The van der Waals surface area contributed by atoms with Crippen molar-refractivity contribution < 1.29 is 14.7 Å². The highest BCUT2D eigenvalue weighted by atomic mass is 79.9. The fraction of sp³-hybridized carbons (Fsp3) is 0.467. The second-order valence-electron chi connectivity index (χ2n) is 5.13. The van der Waals surface area contributed by atoms with Crippen LogP contribution < -0.4 is 0 Å². The Hall–Kier alpha value is -1.07. The largest absolute Gasteiger partial charge is 0.481 e. The number of hydrogen-bond donors (Lipinski definition) is 1. The summed E-state index contributed by atoms with van der Waals surface area (Å²) >= 11 is 9.66. The number of rotatable bonds is 3. The summed E-state index contributed by atoms with van der Waals surface area (Å²) in [6, 6.07) is 4.82. The van der Waals surface area contributed by atoms with Crippen molar-refractivity contribution in [2.24, 2.45) is 5.92 Å². The van der Waals surface area contributed by atoms with Crippen LogP contribution in [0.15, 0.2) is 22.7 Å². The minimum atomic E-state index is -0.885. The maximum absolute atomic E-state index is 12.3. The minimum absolute atomic E-state index is 0.0118. The summed E-state index contributed by atoms with van der Waals surface area (Å²) < 4.78 is 0.818. The number of halogens is 2. The van der Waals surface area contributed by atoms with Crippen molar-refractivity contribution in [3.05, 3.63) is 33.3 Å². The van der Waals surface area contributed by atoms with E-state index in [1.54, 1.807) is 17.0 Å². The predicted octanol–water partition coefficient (Wildman–Crippen LogP) is 3.88. The maximum atomic E-state index is 12.3. The lowest BCUT2D eigenvalue weighted by molar-refractivity contribution is -0.146. The van der Waals surface area contributed by atoms with E-state index in [4.69, 9.17) is 11.6 Å². The summed E-state index contributed by atoms with van der Waals surface area (Å²) in [5.41, 5.74) is 0.690. The number of nitrogens with zero attached hydrogens (tertiary/aromatic N) is 1. The summed E-state index contributed by atoms with van der Waals surface area (Å²) in [6.07, 6.45) is 1.46. The van der Waals surface area contributed by atoms with E-state index >= 15 is 0 Å². The van der Waals surface area contributed by atoms with Gasteiger partial charge in [0.2, 0.25) is 5.91 Å².